The fourth-order valence-corrected chi connectivity index (χ4v) is 3.00. The second-order valence-corrected chi connectivity index (χ2v) is 7.45. The molecule has 0 spiro atoms. The third kappa shape index (κ3) is 7.02. The van der Waals surface area contributed by atoms with E-state index in [9.17, 15) is 12.8 Å². The van der Waals surface area contributed by atoms with Crippen LogP contribution >= 0.6 is 0 Å². The Morgan fingerprint density at radius 2 is 2.14 bits per heavy atom. The Balaban J connectivity index is 2.70. The van der Waals surface area contributed by atoms with Crippen LogP contribution < -0.4 is 5.32 Å². The van der Waals surface area contributed by atoms with E-state index in [0.717, 1.165) is 5.56 Å². The second-order valence-electron chi connectivity index (χ2n) is 4.97. The number of halogens is 1. The third-order valence-corrected chi connectivity index (χ3v) is 5.15. The van der Waals surface area contributed by atoms with Crippen molar-refractivity contribution in [3.05, 3.63) is 35.6 Å². The van der Waals surface area contributed by atoms with Crippen LogP contribution in [0.5, 0.6) is 0 Å². The first kappa shape index (κ1) is 18.1. The number of benzene rings is 1. The van der Waals surface area contributed by atoms with Gasteiger partial charge in [0.15, 0.2) is 0 Å². The fourth-order valence-electron chi connectivity index (χ4n) is 2.06. The number of nitrogens with one attached hydrogen (secondary N) is 1. The summed E-state index contributed by atoms with van der Waals surface area (Å²) in [7, 11) is -1.39. The molecule has 0 amide bonds. The van der Waals surface area contributed by atoms with Crippen LogP contribution in [0.25, 0.3) is 0 Å². The van der Waals surface area contributed by atoms with E-state index in [-0.39, 0.29) is 23.2 Å². The maximum absolute atomic E-state index is 13.4. The van der Waals surface area contributed by atoms with Crippen LogP contribution in [0.4, 0.5) is 4.39 Å². The Bertz CT molecular complexity index is 519. The van der Waals surface area contributed by atoms with E-state index in [1.165, 1.54) is 12.1 Å². The topological polar surface area (TPSA) is 55.4 Å². The van der Waals surface area contributed by atoms with Crippen LogP contribution in [0, 0.1) is 5.82 Å². The van der Waals surface area contributed by atoms with Crippen molar-refractivity contribution >= 4 is 9.84 Å². The average molecular weight is 317 g/mol. The number of hydrogen-bond acceptors (Lipinski definition) is 4. The molecule has 21 heavy (non-hydrogen) atoms. The molecule has 0 aliphatic carbocycles. The zero-order valence-corrected chi connectivity index (χ0v) is 13.5. The summed E-state index contributed by atoms with van der Waals surface area (Å²) < 4.78 is 41.6. The molecule has 6 heteroatoms. The molecule has 0 bridgehead atoms. The summed E-state index contributed by atoms with van der Waals surface area (Å²) in [6.45, 7) is 3.52. The fraction of sp³-hybridized carbons (Fsp3) is 0.600. The molecular formula is C15H24FNO3S. The zero-order chi connectivity index (χ0) is 15.7. The van der Waals surface area contributed by atoms with Gasteiger partial charge in [0.05, 0.1) is 12.4 Å². The molecule has 120 valence electrons. The molecule has 0 saturated heterocycles. The van der Waals surface area contributed by atoms with Gasteiger partial charge in [-0.05, 0) is 30.0 Å². The normalized spacial score (nSPS) is 13.3. The predicted octanol–water partition coefficient (Wildman–Crippen LogP) is 1.97. The van der Waals surface area contributed by atoms with Crippen LogP contribution in [0.15, 0.2) is 24.3 Å². The lowest BCUT2D eigenvalue weighted by atomic mass is 9.96. The molecule has 0 saturated carbocycles. The van der Waals surface area contributed by atoms with Crippen molar-refractivity contribution in [2.24, 2.45) is 0 Å². The lowest BCUT2D eigenvalue weighted by Gasteiger charge is -2.18. The van der Waals surface area contributed by atoms with Gasteiger partial charge in [-0.1, -0.05) is 19.1 Å². The molecule has 0 radical (unpaired) electrons. The maximum Gasteiger partial charge on any atom is 0.150 e. The van der Waals surface area contributed by atoms with Gasteiger partial charge in [-0.15, -0.1) is 0 Å². The molecule has 0 fully saturated rings. The summed E-state index contributed by atoms with van der Waals surface area (Å²) in [6.07, 6.45) is 0.486. The van der Waals surface area contributed by atoms with Crippen LogP contribution in [-0.4, -0.2) is 46.7 Å². The lowest BCUT2D eigenvalue weighted by molar-refractivity contribution is 0.199. The van der Waals surface area contributed by atoms with Crippen LogP contribution in [0.1, 0.15) is 24.8 Å². The Hall–Kier alpha value is -0.980. The number of sulfone groups is 1. The molecule has 1 unspecified atom stereocenters. The Morgan fingerprint density at radius 1 is 1.38 bits per heavy atom. The molecule has 1 rings (SSSR count). The van der Waals surface area contributed by atoms with E-state index < -0.39 is 9.84 Å². The predicted molar refractivity (Wildman–Crippen MR) is 82.8 cm³/mol. The first-order valence-corrected chi connectivity index (χ1v) is 8.96. The number of ether oxygens (including phenoxy) is 1. The van der Waals surface area contributed by atoms with Crippen molar-refractivity contribution in [3.63, 3.8) is 0 Å². The Morgan fingerprint density at radius 3 is 2.76 bits per heavy atom. The molecule has 4 nitrogen and oxygen atoms in total. The summed E-state index contributed by atoms with van der Waals surface area (Å²) >= 11 is 0. The largest absolute Gasteiger partial charge is 0.383 e. The van der Waals surface area contributed by atoms with E-state index in [2.05, 4.69) is 5.32 Å². The molecule has 0 aromatic heterocycles. The van der Waals surface area contributed by atoms with Crippen molar-refractivity contribution in [2.75, 3.05) is 38.3 Å². The van der Waals surface area contributed by atoms with Gasteiger partial charge in [0, 0.05) is 26.0 Å². The Labute approximate surface area is 126 Å². The molecule has 0 aliphatic heterocycles. The molecule has 1 N–H and O–H groups in total. The van der Waals surface area contributed by atoms with Crippen LogP contribution in [-0.2, 0) is 14.6 Å². The first-order valence-electron chi connectivity index (χ1n) is 7.14. The summed E-state index contributed by atoms with van der Waals surface area (Å²) in [4.78, 5) is 0. The first-order chi connectivity index (χ1) is 9.98. The maximum atomic E-state index is 13.4. The summed E-state index contributed by atoms with van der Waals surface area (Å²) in [6, 6.07) is 6.36. The quantitative estimate of drug-likeness (QED) is 0.670. The zero-order valence-electron chi connectivity index (χ0n) is 12.6. The smallest absolute Gasteiger partial charge is 0.150 e. The van der Waals surface area contributed by atoms with Crippen molar-refractivity contribution in [1.82, 2.24) is 5.32 Å². The van der Waals surface area contributed by atoms with Gasteiger partial charge in [-0.2, -0.15) is 0 Å². The second kappa shape index (κ2) is 9.12. The summed E-state index contributed by atoms with van der Waals surface area (Å²) in [5.41, 5.74) is 0.825. The molecule has 1 aromatic carbocycles. The minimum absolute atomic E-state index is 0.0288. The monoisotopic (exact) mass is 317 g/mol. The van der Waals surface area contributed by atoms with E-state index in [4.69, 9.17) is 4.74 Å². The minimum atomic E-state index is -3.01. The van der Waals surface area contributed by atoms with Gasteiger partial charge in [0.2, 0.25) is 0 Å². The van der Waals surface area contributed by atoms with Crippen molar-refractivity contribution in [3.8, 4) is 0 Å². The summed E-state index contributed by atoms with van der Waals surface area (Å²) in [5.74, 6) is -0.0667. The number of hydrogen-bond donors (Lipinski definition) is 1. The molecule has 0 heterocycles. The van der Waals surface area contributed by atoms with E-state index in [1.54, 1.807) is 20.1 Å². The van der Waals surface area contributed by atoms with E-state index in [1.807, 2.05) is 6.07 Å². The lowest BCUT2D eigenvalue weighted by Crippen LogP contribution is -2.26. The molecule has 0 aliphatic rings. The number of methoxy groups -OCH3 is 1. The molecular weight excluding hydrogens is 293 g/mol. The highest BCUT2D eigenvalue weighted by atomic mass is 32.2. The standard InChI is InChI=1S/C15H24FNO3S/c1-3-21(18,19)10-7-14(12-17-8-9-20-2)13-5-4-6-15(16)11-13/h4-6,11,14,17H,3,7-10,12H2,1-2H3. The van der Waals surface area contributed by atoms with Gasteiger partial charge >= 0.3 is 0 Å². The van der Waals surface area contributed by atoms with E-state index in [0.29, 0.717) is 26.1 Å². The van der Waals surface area contributed by atoms with Gasteiger partial charge in [-0.25, -0.2) is 12.8 Å². The van der Waals surface area contributed by atoms with Crippen molar-refractivity contribution < 1.29 is 17.5 Å². The molecule has 1 aromatic rings. The highest BCUT2D eigenvalue weighted by molar-refractivity contribution is 7.91. The van der Waals surface area contributed by atoms with Gasteiger partial charge in [0.25, 0.3) is 0 Å². The Kier molecular flexibility index (Phi) is 7.85. The highest BCUT2D eigenvalue weighted by Gasteiger charge is 2.16. The SMILES string of the molecule is CCS(=O)(=O)CCC(CNCCOC)c1cccc(F)c1. The number of rotatable bonds is 10. The van der Waals surface area contributed by atoms with Crippen LogP contribution in [0.3, 0.4) is 0 Å². The van der Waals surface area contributed by atoms with Gasteiger partial charge in [-0.3, -0.25) is 0 Å². The summed E-state index contributed by atoms with van der Waals surface area (Å²) in [5, 5.41) is 3.22. The highest BCUT2D eigenvalue weighted by Crippen LogP contribution is 2.21. The van der Waals surface area contributed by atoms with Crippen molar-refractivity contribution in [1.29, 1.82) is 0 Å². The van der Waals surface area contributed by atoms with Gasteiger partial charge < -0.3 is 10.1 Å². The third-order valence-electron chi connectivity index (χ3n) is 3.41. The van der Waals surface area contributed by atoms with Gasteiger partial charge in [0.1, 0.15) is 15.7 Å². The van der Waals surface area contributed by atoms with E-state index >= 15 is 0 Å². The molecule has 1 atom stereocenters. The van der Waals surface area contributed by atoms with Crippen LogP contribution in [0.2, 0.25) is 0 Å². The van der Waals surface area contributed by atoms with Crippen molar-refractivity contribution in [2.45, 2.75) is 19.3 Å². The average Bonchev–Trinajstić information content (AvgIpc) is 2.46. The minimum Gasteiger partial charge on any atom is -0.383 e.